The third kappa shape index (κ3) is 3.41. The molecule has 1 amide bonds. The lowest BCUT2D eigenvalue weighted by atomic mass is 10.1. The minimum atomic E-state index is -3.20. The van der Waals surface area contributed by atoms with E-state index in [1.807, 2.05) is 0 Å². The number of hydrogen-bond donors (Lipinski definition) is 1. The lowest BCUT2D eigenvalue weighted by Crippen LogP contribution is -2.40. The van der Waals surface area contributed by atoms with Crippen molar-refractivity contribution in [2.75, 3.05) is 25.7 Å². The van der Waals surface area contributed by atoms with Gasteiger partial charge in [-0.05, 0) is 12.1 Å². The molecule has 1 heterocycles. The Morgan fingerprint density at radius 2 is 2.00 bits per heavy atom. The molecule has 2 unspecified atom stereocenters. The molecule has 8 heteroatoms. The largest absolute Gasteiger partial charge is 0.493 e. The maximum Gasteiger partial charge on any atom is 0.255 e. The molecule has 0 bridgehead atoms. The zero-order valence-corrected chi connectivity index (χ0v) is 13.2. The number of alkyl halides is 1. The van der Waals surface area contributed by atoms with Gasteiger partial charge in [0.05, 0.1) is 42.7 Å². The fourth-order valence-electron chi connectivity index (χ4n) is 2.25. The van der Waals surface area contributed by atoms with Gasteiger partial charge in [0.2, 0.25) is 0 Å². The van der Waals surface area contributed by atoms with Crippen LogP contribution >= 0.6 is 11.6 Å². The summed E-state index contributed by atoms with van der Waals surface area (Å²) in [6, 6.07) is 4.28. The molecule has 2 rings (SSSR count). The predicted octanol–water partition coefficient (Wildman–Crippen LogP) is 0.838. The van der Waals surface area contributed by atoms with Gasteiger partial charge in [-0.15, -0.1) is 11.6 Å². The first-order valence-corrected chi connectivity index (χ1v) is 8.50. The van der Waals surface area contributed by atoms with Crippen LogP contribution in [0.25, 0.3) is 0 Å². The van der Waals surface area contributed by atoms with Gasteiger partial charge in [-0.2, -0.15) is 0 Å². The molecule has 21 heavy (non-hydrogen) atoms. The molecule has 1 fully saturated rings. The molecule has 1 aromatic carbocycles. The molecular formula is C13H16ClNO5S. The van der Waals surface area contributed by atoms with Crippen molar-refractivity contribution in [2.24, 2.45) is 0 Å². The van der Waals surface area contributed by atoms with Crippen LogP contribution in [0.1, 0.15) is 10.4 Å². The van der Waals surface area contributed by atoms with Gasteiger partial charge in [-0.3, -0.25) is 4.79 Å². The Labute approximate surface area is 128 Å². The lowest BCUT2D eigenvalue weighted by Gasteiger charge is -2.17. The number of amides is 1. The van der Waals surface area contributed by atoms with Crippen LogP contribution in [0.2, 0.25) is 0 Å². The summed E-state index contributed by atoms with van der Waals surface area (Å²) in [5.74, 6) is -0.0110. The van der Waals surface area contributed by atoms with Crippen molar-refractivity contribution in [1.29, 1.82) is 0 Å². The van der Waals surface area contributed by atoms with Crippen molar-refractivity contribution in [1.82, 2.24) is 5.32 Å². The Morgan fingerprint density at radius 1 is 1.29 bits per heavy atom. The van der Waals surface area contributed by atoms with Gasteiger partial charge in [0, 0.05) is 0 Å². The van der Waals surface area contributed by atoms with Crippen LogP contribution in [0.4, 0.5) is 0 Å². The van der Waals surface area contributed by atoms with E-state index >= 15 is 0 Å². The number of benzene rings is 1. The molecule has 0 aliphatic carbocycles. The van der Waals surface area contributed by atoms with E-state index in [-0.39, 0.29) is 17.1 Å². The quantitative estimate of drug-likeness (QED) is 0.826. The first-order chi connectivity index (χ1) is 9.88. The Kier molecular flexibility index (Phi) is 4.63. The molecule has 1 aliphatic heterocycles. The summed E-state index contributed by atoms with van der Waals surface area (Å²) in [7, 11) is -0.304. The van der Waals surface area contributed by atoms with Crippen molar-refractivity contribution in [3.63, 3.8) is 0 Å². The number of methoxy groups -OCH3 is 2. The molecule has 1 aliphatic rings. The number of para-hydroxylation sites is 1. The van der Waals surface area contributed by atoms with E-state index in [0.29, 0.717) is 11.5 Å². The van der Waals surface area contributed by atoms with E-state index in [9.17, 15) is 13.2 Å². The van der Waals surface area contributed by atoms with E-state index in [0.717, 1.165) is 0 Å². The highest BCUT2D eigenvalue weighted by atomic mass is 35.5. The first kappa shape index (κ1) is 15.9. The molecule has 1 saturated heterocycles. The molecule has 0 radical (unpaired) electrons. The summed E-state index contributed by atoms with van der Waals surface area (Å²) in [4.78, 5) is 12.3. The molecular weight excluding hydrogens is 318 g/mol. The average Bonchev–Trinajstić information content (AvgIpc) is 2.70. The standard InChI is InChI=1S/C13H16ClNO5S/c1-19-11-5-3-4-8(12(11)20-2)13(16)15-10-7-21(17,18)6-9(10)14/h3-5,9-10H,6-7H2,1-2H3,(H,15,16). The van der Waals surface area contributed by atoms with Gasteiger partial charge in [0.1, 0.15) is 0 Å². The van der Waals surface area contributed by atoms with Crippen LogP contribution in [0, 0.1) is 0 Å². The SMILES string of the molecule is COc1cccc(C(=O)NC2CS(=O)(=O)CC2Cl)c1OC. The van der Waals surface area contributed by atoms with Crippen molar-refractivity contribution in [3.8, 4) is 11.5 Å². The van der Waals surface area contributed by atoms with Crippen molar-refractivity contribution >= 4 is 27.3 Å². The predicted molar refractivity (Wildman–Crippen MR) is 79.1 cm³/mol. The van der Waals surface area contributed by atoms with Gasteiger partial charge in [0.15, 0.2) is 21.3 Å². The van der Waals surface area contributed by atoms with E-state index in [1.54, 1.807) is 18.2 Å². The fraction of sp³-hybridized carbons (Fsp3) is 0.462. The maximum atomic E-state index is 12.3. The summed E-state index contributed by atoms with van der Waals surface area (Å²) in [5, 5.41) is 2.01. The van der Waals surface area contributed by atoms with Crippen molar-refractivity contribution < 1.29 is 22.7 Å². The summed E-state index contributed by atoms with van der Waals surface area (Å²) in [6.07, 6.45) is 0. The molecule has 0 aromatic heterocycles. The maximum absolute atomic E-state index is 12.3. The summed E-state index contributed by atoms with van der Waals surface area (Å²) in [6.45, 7) is 0. The third-order valence-electron chi connectivity index (χ3n) is 3.25. The van der Waals surface area contributed by atoms with Gasteiger partial charge in [-0.25, -0.2) is 8.42 Å². The second-order valence-electron chi connectivity index (χ2n) is 4.71. The summed E-state index contributed by atoms with van der Waals surface area (Å²) < 4.78 is 33.3. The molecule has 0 saturated carbocycles. The van der Waals surface area contributed by atoms with Gasteiger partial charge >= 0.3 is 0 Å². The summed E-state index contributed by atoms with van der Waals surface area (Å²) in [5.41, 5.74) is 0.269. The minimum Gasteiger partial charge on any atom is -0.493 e. The van der Waals surface area contributed by atoms with Crippen LogP contribution in [-0.4, -0.2) is 51.5 Å². The topological polar surface area (TPSA) is 81.7 Å². The Balaban J connectivity index is 2.22. The first-order valence-electron chi connectivity index (χ1n) is 6.24. The summed E-state index contributed by atoms with van der Waals surface area (Å²) >= 11 is 5.98. The van der Waals surface area contributed by atoms with Crippen LogP contribution < -0.4 is 14.8 Å². The average molecular weight is 334 g/mol. The van der Waals surface area contributed by atoms with Gasteiger partial charge in [0.25, 0.3) is 5.91 Å². The number of rotatable bonds is 4. The van der Waals surface area contributed by atoms with Crippen molar-refractivity contribution in [3.05, 3.63) is 23.8 Å². The second-order valence-corrected chi connectivity index (χ2v) is 7.43. The van der Waals surface area contributed by atoms with Crippen LogP contribution in [0.3, 0.4) is 0 Å². The highest BCUT2D eigenvalue weighted by Gasteiger charge is 2.37. The Morgan fingerprint density at radius 3 is 2.52 bits per heavy atom. The highest BCUT2D eigenvalue weighted by Crippen LogP contribution is 2.31. The number of carbonyl (C=O) groups excluding carboxylic acids is 1. The Hall–Kier alpha value is -1.47. The lowest BCUT2D eigenvalue weighted by molar-refractivity contribution is 0.0938. The number of hydrogen-bond acceptors (Lipinski definition) is 5. The van der Waals surface area contributed by atoms with E-state index in [1.165, 1.54) is 14.2 Å². The highest BCUT2D eigenvalue weighted by molar-refractivity contribution is 7.91. The van der Waals surface area contributed by atoms with Crippen LogP contribution in [0.15, 0.2) is 18.2 Å². The van der Waals surface area contributed by atoms with Gasteiger partial charge < -0.3 is 14.8 Å². The monoisotopic (exact) mass is 333 g/mol. The smallest absolute Gasteiger partial charge is 0.255 e. The number of nitrogens with one attached hydrogen (secondary N) is 1. The number of carbonyl (C=O) groups is 1. The van der Waals surface area contributed by atoms with Gasteiger partial charge in [-0.1, -0.05) is 6.07 Å². The minimum absolute atomic E-state index is 0.130. The molecule has 116 valence electrons. The molecule has 2 atom stereocenters. The zero-order chi connectivity index (χ0) is 15.6. The number of sulfone groups is 1. The molecule has 1 N–H and O–H groups in total. The Bertz CT molecular complexity index is 646. The van der Waals surface area contributed by atoms with E-state index in [2.05, 4.69) is 5.32 Å². The second kappa shape index (κ2) is 6.11. The molecule has 0 spiro atoms. The molecule has 6 nitrogen and oxygen atoms in total. The zero-order valence-electron chi connectivity index (χ0n) is 11.6. The van der Waals surface area contributed by atoms with Crippen molar-refractivity contribution in [2.45, 2.75) is 11.4 Å². The molecule has 1 aromatic rings. The van der Waals surface area contributed by atoms with E-state index < -0.39 is 27.2 Å². The normalized spacial score (nSPS) is 23.6. The van der Waals surface area contributed by atoms with E-state index in [4.69, 9.17) is 21.1 Å². The number of halogens is 1. The van der Waals surface area contributed by atoms with Crippen LogP contribution in [-0.2, 0) is 9.84 Å². The third-order valence-corrected chi connectivity index (χ3v) is 5.62. The van der Waals surface area contributed by atoms with Crippen LogP contribution in [0.5, 0.6) is 11.5 Å². The number of ether oxygens (including phenoxy) is 2. The fourth-order valence-corrected chi connectivity index (χ4v) is 4.80.